The highest BCUT2D eigenvalue weighted by Crippen LogP contribution is 2.66. The third-order valence-electron chi connectivity index (χ3n) is 10.5. The van der Waals surface area contributed by atoms with Crippen LogP contribution >= 0.6 is 7.82 Å². The summed E-state index contributed by atoms with van der Waals surface area (Å²) in [5.74, 6) is -120. The van der Waals surface area contributed by atoms with Crippen LogP contribution in [0, 0.1) is 0 Å². The largest absolute Gasteiger partial charge is 0.472 e. The molecule has 9 nitrogen and oxygen atoms in total. The van der Waals surface area contributed by atoms with E-state index in [9.17, 15) is 168 Å². The van der Waals surface area contributed by atoms with Crippen LogP contribution in [0.2, 0.25) is 0 Å². The first kappa shape index (κ1) is 76.6. The molecule has 0 rings (SSSR count). The molecule has 0 saturated carbocycles. The summed E-state index contributed by atoms with van der Waals surface area (Å²) in [5.41, 5.74) is 0. The summed E-state index contributed by atoms with van der Waals surface area (Å²) in [6, 6.07) is 0. The van der Waals surface area contributed by atoms with Gasteiger partial charge in [-0.25, -0.2) is 4.57 Å². The van der Waals surface area contributed by atoms with Crippen molar-refractivity contribution in [2.75, 3.05) is 47.5 Å². The van der Waals surface area contributed by atoms with Gasteiger partial charge in [0, 0.05) is 25.7 Å². The van der Waals surface area contributed by atoms with Crippen LogP contribution in [0.1, 0.15) is 64.2 Å². The number of nitrogens with zero attached hydrogens (tertiary/aromatic N) is 1. The molecule has 0 aromatic rings. The molecule has 0 bridgehead atoms. The van der Waals surface area contributed by atoms with Gasteiger partial charge in [0.25, 0.3) is 0 Å². The van der Waals surface area contributed by atoms with E-state index in [1.807, 2.05) is 0 Å². The second kappa shape index (κ2) is 24.3. The van der Waals surface area contributed by atoms with Crippen LogP contribution in [-0.2, 0) is 32.7 Å². The Bertz CT molecular complexity index is 2110. The molecule has 0 aliphatic rings. The van der Waals surface area contributed by atoms with Crippen molar-refractivity contribution in [1.82, 2.24) is 0 Å². The van der Waals surface area contributed by atoms with Crippen molar-refractivity contribution in [3.63, 3.8) is 0 Å². The van der Waals surface area contributed by atoms with Gasteiger partial charge in [0.05, 0.1) is 27.7 Å². The van der Waals surface area contributed by atoms with Crippen LogP contribution in [0.4, 0.5) is 149 Å². The van der Waals surface area contributed by atoms with Crippen molar-refractivity contribution in [3.05, 3.63) is 0 Å². The zero-order chi connectivity index (χ0) is 64.5. The molecule has 0 radical (unpaired) electrons. The maximum atomic E-state index is 14.2. The maximum absolute atomic E-state index is 14.2. The zero-order valence-corrected chi connectivity index (χ0v) is 40.4. The van der Waals surface area contributed by atoms with Crippen molar-refractivity contribution in [2.45, 2.75) is 166 Å². The first-order valence-electron chi connectivity index (χ1n) is 21.0. The van der Waals surface area contributed by atoms with Crippen LogP contribution in [0.15, 0.2) is 0 Å². The predicted molar refractivity (Wildman–Crippen MR) is 193 cm³/mol. The third-order valence-corrected chi connectivity index (χ3v) is 11.5. The molecule has 1 N–H and O–H groups in total. The molecule has 0 spiro atoms. The van der Waals surface area contributed by atoms with E-state index in [-0.39, 0.29) is 11.0 Å². The number of phosphoric ester groups is 1. The maximum Gasteiger partial charge on any atom is 0.472 e. The summed E-state index contributed by atoms with van der Waals surface area (Å²) in [4.78, 5) is 34.6. The standard InChI is InChI=1S/C36H38F34NO8P/c1-71(2,3)14-15-77-80(74,75)78-17-18(79-20(73)11-7-5-9-13-22(39,40)24(43,44)26(47,48)28(51,52)30(55,56)32(59,60)34(63,64)36(68,69)70)16-76-19(72)10-6-4-8-12-21(37,38)23(41,42)25(45,46)27(49,50)29(53,54)31(57,58)33(61,62)35(65,66)67/h18H,4-17H2,1-3H3/p+1/t18-/m1/s1. The second-order valence-corrected chi connectivity index (χ2v) is 19.3. The molecule has 0 amide bonds. The summed E-state index contributed by atoms with van der Waals surface area (Å²) in [6.07, 6.45) is -34.0. The van der Waals surface area contributed by atoms with Gasteiger partial charge in [-0.05, 0) is 25.7 Å². The van der Waals surface area contributed by atoms with Crippen LogP contribution in [-0.4, -0.2) is 170 Å². The average molecular weight is 1290 g/mol. The Hall–Kier alpha value is -3.37. The zero-order valence-electron chi connectivity index (χ0n) is 39.5. The van der Waals surface area contributed by atoms with Gasteiger partial charge in [-0.15, -0.1) is 0 Å². The summed E-state index contributed by atoms with van der Waals surface area (Å²) in [6.45, 7) is -3.41. The van der Waals surface area contributed by atoms with Gasteiger partial charge in [-0.3, -0.25) is 18.6 Å². The highest BCUT2D eigenvalue weighted by atomic mass is 31.2. The number of hydrogen-bond acceptors (Lipinski definition) is 7. The molecular weight excluding hydrogens is 1250 g/mol. The molecule has 0 aromatic carbocycles. The number of alkyl halides is 34. The van der Waals surface area contributed by atoms with Crippen LogP contribution in [0.3, 0.4) is 0 Å². The van der Waals surface area contributed by atoms with Gasteiger partial charge < -0.3 is 18.9 Å². The number of phosphoric acid groups is 1. The lowest BCUT2D eigenvalue weighted by atomic mass is 9.88. The van der Waals surface area contributed by atoms with E-state index in [2.05, 4.69) is 13.8 Å². The van der Waals surface area contributed by atoms with Crippen molar-refractivity contribution >= 4 is 19.8 Å². The number of carbonyl (C=O) groups is 2. The monoisotopic (exact) mass is 1290 g/mol. The lowest BCUT2D eigenvalue weighted by molar-refractivity contribution is -0.870. The van der Waals surface area contributed by atoms with E-state index < -0.39 is 205 Å². The Labute approximate surface area is 424 Å². The van der Waals surface area contributed by atoms with Gasteiger partial charge in [-0.1, -0.05) is 12.8 Å². The van der Waals surface area contributed by atoms with E-state index in [0.29, 0.717) is 0 Å². The van der Waals surface area contributed by atoms with E-state index in [1.165, 1.54) is 21.1 Å². The van der Waals surface area contributed by atoms with Gasteiger partial charge in [-0.2, -0.15) is 149 Å². The summed E-state index contributed by atoms with van der Waals surface area (Å²) in [5, 5.41) is 0. The number of ether oxygens (including phenoxy) is 2. The Morgan fingerprint density at radius 3 is 0.988 bits per heavy atom. The topological polar surface area (TPSA) is 108 Å². The predicted octanol–water partition coefficient (Wildman–Crippen LogP) is 14.2. The molecule has 80 heavy (non-hydrogen) atoms. The molecule has 2 atom stereocenters. The molecule has 0 aromatic heterocycles. The highest BCUT2D eigenvalue weighted by Gasteiger charge is 2.97. The van der Waals surface area contributed by atoms with Crippen LogP contribution in [0.5, 0.6) is 0 Å². The summed E-state index contributed by atoms with van der Waals surface area (Å²) in [7, 11) is -0.628. The number of halogens is 34. The van der Waals surface area contributed by atoms with Crippen molar-refractivity contribution < 1.29 is 191 Å². The van der Waals surface area contributed by atoms with E-state index in [4.69, 9.17) is 4.74 Å². The van der Waals surface area contributed by atoms with Gasteiger partial charge in [0.15, 0.2) is 6.10 Å². The molecule has 0 saturated heterocycles. The molecule has 0 heterocycles. The molecule has 0 aliphatic heterocycles. The molecule has 1 unspecified atom stereocenters. The minimum absolute atomic E-state index is 0.0366. The van der Waals surface area contributed by atoms with Gasteiger partial charge >= 0.3 is 115 Å². The van der Waals surface area contributed by atoms with Crippen LogP contribution in [0.25, 0.3) is 0 Å². The number of quaternary nitrogens is 1. The Balaban J connectivity index is 6.01. The minimum Gasteiger partial charge on any atom is -0.462 e. The molecule has 0 fully saturated rings. The lowest BCUT2D eigenvalue weighted by Gasteiger charge is -2.42. The first-order valence-corrected chi connectivity index (χ1v) is 22.5. The molecule has 0 aliphatic carbocycles. The number of likely N-dealkylation sites (N-methyl/N-ethyl adjacent to an activating group) is 1. The number of carbonyl (C=O) groups excluding carboxylic acids is 2. The van der Waals surface area contributed by atoms with E-state index in [0.717, 1.165) is 0 Å². The normalized spacial score (nSPS) is 16.6. The van der Waals surface area contributed by atoms with Gasteiger partial charge in [0.2, 0.25) is 0 Å². The third kappa shape index (κ3) is 15.1. The fourth-order valence-corrected chi connectivity index (χ4v) is 6.30. The Kier molecular flexibility index (Phi) is 23.3. The van der Waals surface area contributed by atoms with Crippen molar-refractivity contribution in [3.8, 4) is 0 Å². The average Bonchev–Trinajstić information content (AvgIpc) is 3.24. The Morgan fingerprint density at radius 2 is 0.688 bits per heavy atom. The number of hydrogen-bond donors (Lipinski definition) is 1. The van der Waals surface area contributed by atoms with Crippen molar-refractivity contribution in [2.24, 2.45) is 0 Å². The fourth-order valence-electron chi connectivity index (χ4n) is 5.56. The van der Waals surface area contributed by atoms with Crippen LogP contribution < -0.4 is 0 Å². The smallest absolute Gasteiger partial charge is 0.462 e. The highest BCUT2D eigenvalue weighted by molar-refractivity contribution is 7.47. The Morgan fingerprint density at radius 1 is 0.400 bits per heavy atom. The second-order valence-electron chi connectivity index (χ2n) is 17.8. The van der Waals surface area contributed by atoms with E-state index in [1.54, 1.807) is 0 Å². The first-order chi connectivity index (χ1) is 34.8. The molecule has 44 heteroatoms. The number of rotatable bonds is 34. The summed E-state index contributed by atoms with van der Waals surface area (Å²) < 4.78 is 490. The summed E-state index contributed by atoms with van der Waals surface area (Å²) >= 11 is 0. The molecule has 478 valence electrons. The van der Waals surface area contributed by atoms with Crippen molar-refractivity contribution in [1.29, 1.82) is 0 Å². The number of unbranched alkanes of at least 4 members (excludes halogenated alkanes) is 4. The fraction of sp³-hybridized carbons (Fsp3) is 0.944. The van der Waals surface area contributed by atoms with Gasteiger partial charge in [0.1, 0.15) is 19.8 Å². The SMILES string of the molecule is C[N+](C)(C)CCOP(=O)(O)OC[C@@H](COC(=O)CCCCCC(F)(F)C(F)(F)C(F)(F)C(F)(F)C(F)(F)C(F)(F)C(F)(F)C(F)(F)F)OC(=O)CCCCCC(F)(F)C(F)(F)C(F)(F)C(F)(F)C(F)(F)C(F)(F)C(F)(F)C(F)(F)F. The number of esters is 2. The van der Waals surface area contributed by atoms with E-state index >= 15 is 0 Å². The quantitative estimate of drug-likeness (QED) is 0.0223. The molecular formula is C36H39F34NO8P+. The minimum atomic E-state index is -8.88. The lowest BCUT2D eigenvalue weighted by Crippen LogP contribution is -2.74.